The van der Waals surface area contributed by atoms with Gasteiger partial charge in [0.1, 0.15) is 18.0 Å². The normalized spacial score (nSPS) is 19.7. The largest absolute Gasteiger partial charge is 0.472 e. The van der Waals surface area contributed by atoms with Crippen molar-refractivity contribution in [3.63, 3.8) is 0 Å². The van der Waals surface area contributed by atoms with Crippen molar-refractivity contribution in [3.05, 3.63) is 53.7 Å². The summed E-state index contributed by atoms with van der Waals surface area (Å²) in [4.78, 5) is 20.1. The van der Waals surface area contributed by atoms with Crippen LogP contribution in [0.2, 0.25) is 0 Å². The number of hydrogen-bond donors (Lipinski definition) is 1. The molecule has 0 atom stereocenters. The van der Waals surface area contributed by atoms with Crippen LogP contribution in [0.15, 0.2) is 36.7 Å². The molecule has 0 unspecified atom stereocenters. The summed E-state index contributed by atoms with van der Waals surface area (Å²) in [5.41, 5.74) is 0.219. The molecule has 128 valence electrons. The van der Waals surface area contributed by atoms with E-state index in [1.165, 1.54) is 24.5 Å². The van der Waals surface area contributed by atoms with Crippen LogP contribution in [0.3, 0.4) is 0 Å². The van der Waals surface area contributed by atoms with Gasteiger partial charge in [-0.05, 0) is 37.8 Å². The van der Waals surface area contributed by atoms with E-state index in [4.69, 9.17) is 10.00 Å². The van der Waals surface area contributed by atoms with Crippen molar-refractivity contribution >= 4 is 5.91 Å². The van der Waals surface area contributed by atoms with Gasteiger partial charge in [-0.25, -0.2) is 14.4 Å². The van der Waals surface area contributed by atoms with E-state index in [2.05, 4.69) is 15.3 Å². The topological polar surface area (TPSA) is 87.9 Å². The molecule has 2 aromatic rings. The second kappa shape index (κ2) is 7.71. The van der Waals surface area contributed by atoms with Gasteiger partial charge < -0.3 is 10.1 Å². The summed E-state index contributed by atoms with van der Waals surface area (Å²) in [7, 11) is 0. The van der Waals surface area contributed by atoms with Gasteiger partial charge in [-0.3, -0.25) is 4.79 Å². The number of amides is 1. The summed E-state index contributed by atoms with van der Waals surface area (Å²) >= 11 is 0. The molecule has 1 saturated carbocycles. The maximum absolute atomic E-state index is 13.6. The third-order valence-electron chi connectivity index (χ3n) is 4.18. The van der Waals surface area contributed by atoms with E-state index in [1.807, 2.05) is 6.07 Å². The molecule has 1 N–H and O–H groups in total. The second-order valence-corrected chi connectivity index (χ2v) is 5.87. The molecule has 1 aromatic heterocycles. The van der Waals surface area contributed by atoms with Crippen LogP contribution < -0.4 is 10.1 Å². The van der Waals surface area contributed by atoms with Crippen LogP contribution >= 0.6 is 0 Å². The molecular formula is C18H17FN4O2. The van der Waals surface area contributed by atoms with Crippen molar-refractivity contribution in [2.45, 2.75) is 37.8 Å². The standard InChI is InChI=1S/C18H17FN4O2/c19-15-4-2-1-3-14(15)17(24)23-12-5-7-13(8-6-12)25-18-16(11-20)21-9-10-22-18/h1-4,9-10,12-13H,5-8H2,(H,23,24). The summed E-state index contributed by atoms with van der Waals surface area (Å²) in [5.74, 6) is -0.685. The van der Waals surface area contributed by atoms with E-state index < -0.39 is 11.7 Å². The maximum atomic E-state index is 13.6. The minimum absolute atomic E-state index is 0.0238. The summed E-state index contributed by atoms with van der Waals surface area (Å²) < 4.78 is 19.4. The Bertz CT molecular complexity index is 798. The van der Waals surface area contributed by atoms with Crippen LogP contribution in [0.25, 0.3) is 0 Å². The highest BCUT2D eigenvalue weighted by Crippen LogP contribution is 2.24. The molecule has 0 radical (unpaired) electrons. The Morgan fingerprint density at radius 1 is 1.20 bits per heavy atom. The van der Waals surface area contributed by atoms with Crippen LogP contribution in [-0.4, -0.2) is 28.0 Å². The zero-order valence-electron chi connectivity index (χ0n) is 13.5. The zero-order valence-corrected chi connectivity index (χ0v) is 13.5. The molecule has 25 heavy (non-hydrogen) atoms. The van der Waals surface area contributed by atoms with E-state index in [9.17, 15) is 9.18 Å². The maximum Gasteiger partial charge on any atom is 0.254 e. The highest BCUT2D eigenvalue weighted by atomic mass is 19.1. The lowest BCUT2D eigenvalue weighted by molar-refractivity contribution is 0.0885. The predicted molar refractivity (Wildman–Crippen MR) is 87.3 cm³/mol. The van der Waals surface area contributed by atoms with Gasteiger partial charge in [0.2, 0.25) is 5.69 Å². The number of hydrogen-bond acceptors (Lipinski definition) is 5. The average molecular weight is 340 g/mol. The molecule has 1 fully saturated rings. The number of aromatic nitrogens is 2. The monoisotopic (exact) mass is 340 g/mol. The van der Waals surface area contributed by atoms with Crippen LogP contribution in [0.4, 0.5) is 4.39 Å². The summed E-state index contributed by atoms with van der Waals surface area (Å²) in [5, 5.41) is 11.9. The summed E-state index contributed by atoms with van der Waals surface area (Å²) in [6, 6.07) is 7.86. The molecular weight excluding hydrogens is 323 g/mol. The molecule has 1 heterocycles. The van der Waals surface area contributed by atoms with E-state index in [0.29, 0.717) is 25.7 Å². The fourth-order valence-electron chi connectivity index (χ4n) is 2.88. The SMILES string of the molecule is N#Cc1nccnc1OC1CCC(NC(=O)c2ccccc2F)CC1. The van der Waals surface area contributed by atoms with Crippen molar-refractivity contribution in [2.24, 2.45) is 0 Å². The Balaban J connectivity index is 1.53. The first-order valence-electron chi connectivity index (χ1n) is 8.10. The first-order valence-corrected chi connectivity index (χ1v) is 8.10. The molecule has 1 aliphatic rings. The Morgan fingerprint density at radius 2 is 1.92 bits per heavy atom. The van der Waals surface area contributed by atoms with Gasteiger partial charge in [0, 0.05) is 18.4 Å². The van der Waals surface area contributed by atoms with Crippen LogP contribution in [0, 0.1) is 17.1 Å². The van der Waals surface area contributed by atoms with Gasteiger partial charge in [-0.2, -0.15) is 5.26 Å². The number of halogens is 1. The van der Waals surface area contributed by atoms with Gasteiger partial charge in [0.25, 0.3) is 11.8 Å². The molecule has 1 aliphatic carbocycles. The summed E-state index contributed by atoms with van der Waals surface area (Å²) in [6.07, 6.45) is 5.70. The van der Waals surface area contributed by atoms with Gasteiger partial charge in [-0.1, -0.05) is 12.1 Å². The molecule has 6 nitrogen and oxygen atoms in total. The molecule has 1 aromatic carbocycles. The van der Waals surface area contributed by atoms with E-state index in [-0.39, 0.29) is 29.3 Å². The fourth-order valence-corrected chi connectivity index (χ4v) is 2.88. The third kappa shape index (κ3) is 4.10. The van der Waals surface area contributed by atoms with Crippen LogP contribution in [0.1, 0.15) is 41.7 Å². The van der Waals surface area contributed by atoms with E-state index in [0.717, 1.165) is 0 Å². The van der Waals surface area contributed by atoms with Crippen LogP contribution in [-0.2, 0) is 0 Å². The van der Waals surface area contributed by atoms with Gasteiger partial charge in [-0.15, -0.1) is 0 Å². The first-order chi connectivity index (χ1) is 12.2. The van der Waals surface area contributed by atoms with E-state index in [1.54, 1.807) is 12.1 Å². The van der Waals surface area contributed by atoms with Crippen LogP contribution in [0.5, 0.6) is 5.88 Å². The number of nitrogens with one attached hydrogen (secondary N) is 1. The average Bonchev–Trinajstić information content (AvgIpc) is 2.64. The number of rotatable bonds is 4. The van der Waals surface area contributed by atoms with Crippen molar-refractivity contribution in [2.75, 3.05) is 0 Å². The lowest BCUT2D eigenvalue weighted by atomic mass is 9.92. The predicted octanol–water partition coefficient (Wildman–Crippen LogP) is 2.61. The zero-order chi connectivity index (χ0) is 17.6. The molecule has 0 aliphatic heterocycles. The number of carbonyl (C=O) groups is 1. The van der Waals surface area contributed by atoms with Gasteiger partial charge >= 0.3 is 0 Å². The molecule has 7 heteroatoms. The Kier molecular flexibility index (Phi) is 5.19. The Morgan fingerprint density at radius 3 is 2.64 bits per heavy atom. The summed E-state index contributed by atoms with van der Waals surface area (Å²) in [6.45, 7) is 0. The minimum atomic E-state index is -0.524. The van der Waals surface area contributed by atoms with Crippen molar-refractivity contribution in [3.8, 4) is 11.9 Å². The number of ether oxygens (including phenoxy) is 1. The lowest BCUT2D eigenvalue weighted by Gasteiger charge is -2.29. The van der Waals surface area contributed by atoms with Crippen molar-refractivity contribution in [1.29, 1.82) is 5.26 Å². The molecule has 0 saturated heterocycles. The molecule has 0 bridgehead atoms. The fraction of sp³-hybridized carbons (Fsp3) is 0.333. The second-order valence-electron chi connectivity index (χ2n) is 5.87. The van der Waals surface area contributed by atoms with Gasteiger partial charge in [0.05, 0.1) is 5.56 Å². The Hall–Kier alpha value is -3.01. The smallest absolute Gasteiger partial charge is 0.254 e. The van der Waals surface area contributed by atoms with Crippen molar-refractivity contribution < 1.29 is 13.9 Å². The van der Waals surface area contributed by atoms with Gasteiger partial charge in [0.15, 0.2) is 0 Å². The van der Waals surface area contributed by atoms with Crippen molar-refractivity contribution in [1.82, 2.24) is 15.3 Å². The highest BCUT2D eigenvalue weighted by molar-refractivity contribution is 5.94. The number of nitriles is 1. The molecule has 1 amide bonds. The highest BCUT2D eigenvalue weighted by Gasteiger charge is 2.25. The molecule has 3 rings (SSSR count). The quantitative estimate of drug-likeness (QED) is 0.924. The number of benzene rings is 1. The number of nitrogens with zero attached hydrogens (tertiary/aromatic N) is 3. The third-order valence-corrected chi connectivity index (χ3v) is 4.18. The first kappa shape index (κ1) is 16.8. The lowest BCUT2D eigenvalue weighted by Crippen LogP contribution is -2.40. The van der Waals surface area contributed by atoms with E-state index >= 15 is 0 Å². The minimum Gasteiger partial charge on any atom is -0.472 e. The number of carbonyl (C=O) groups excluding carboxylic acids is 1. The Labute approximate surface area is 144 Å². The molecule has 0 spiro atoms.